The summed E-state index contributed by atoms with van der Waals surface area (Å²) in [5, 5.41) is 8.66. The van der Waals surface area contributed by atoms with Gasteiger partial charge in [-0.05, 0) is 31.7 Å². The zero-order chi connectivity index (χ0) is 20.2. The Labute approximate surface area is 172 Å². The minimum atomic E-state index is -3.13. The van der Waals surface area contributed by atoms with Crippen LogP contribution in [0, 0.1) is 0 Å². The van der Waals surface area contributed by atoms with Crippen molar-refractivity contribution in [2.75, 3.05) is 58.2 Å². The van der Waals surface area contributed by atoms with E-state index in [4.69, 9.17) is 9.73 Å². The van der Waals surface area contributed by atoms with Crippen molar-refractivity contribution in [3.05, 3.63) is 22.4 Å². The Morgan fingerprint density at radius 3 is 2.71 bits per heavy atom. The molecule has 1 aromatic rings. The van der Waals surface area contributed by atoms with Gasteiger partial charge in [0.05, 0.1) is 31.6 Å². The second-order valence-electron chi connectivity index (χ2n) is 6.48. The highest BCUT2D eigenvalue weighted by molar-refractivity contribution is 7.89. The van der Waals surface area contributed by atoms with Crippen LogP contribution in [0.5, 0.6) is 0 Å². The maximum absolute atomic E-state index is 11.5. The van der Waals surface area contributed by atoms with E-state index in [1.165, 1.54) is 4.88 Å². The van der Waals surface area contributed by atoms with Crippen LogP contribution >= 0.6 is 11.3 Å². The number of rotatable bonds is 11. The van der Waals surface area contributed by atoms with E-state index in [0.717, 1.165) is 38.8 Å². The smallest absolute Gasteiger partial charge is 0.211 e. The third-order valence-corrected chi connectivity index (χ3v) is 6.85. The summed E-state index contributed by atoms with van der Waals surface area (Å²) in [5.74, 6) is 0.867. The van der Waals surface area contributed by atoms with Crippen LogP contribution in [0.3, 0.4) is 0 Å². The zero-order valence-electron chi connectivity index (χ0n) is 16.8. The largest absolute Gasteiger partial charge is 0.379 e. The molecule has 0 amide bonds. The average Bonchev–Trinajstić information content (AvgIpc) is 3.23. The Morgan fingerprint density at radius 2 is 2.07 bits per heavy atom. The number of nitrogens with zero attached hydrogens (tertiary/aromatic N) is 2. The van der Waals surface area contributed by atoms with Crippen molar-refractivity contribution < 1.29 is 13.2 Å². The van der Waals surface area contributed by atoms with Crippen molar-refractivity contribution >= 4 is 27.3 Å². The zero-order valence-corrected chi connectivity index (χ0v) is 18.4. The first-order valence-electron chi connectivity index (χ1n) is 9.90. The fourth-order valence-corrected chi connectivity index (χ4v) is 4.41. The molecule has 10 heteroatoms. The summed E-state index contributed by atoms with van der Waals surface area (Å²) in [6.07, 6.45) is 0.696. The minimum absolute atomic E-state index is 0.107. The molecule has 0 saturated carbocycles. The second kappa shape index (κ2) is 12.4. The van der Waals surface area contributed by atoms with Crippen molar-refractivity contribution in [1.82, 2.24) is 20.3 Å². The maximum Gasteiger partial charge on any atom is 0.211 e. The van der Waals surface area contributed by atoms with E-state index in [1.54, 1.807) is 18.3 Å². The van der Waals surface area contributed by atoms with Gasteiger partial charge in [0.15, 0.2) is 5.96 Å². The Hall–Kier alpha value is -1.20. The van der Waals surface area contributed by atoms with Crippen LogP contribution in [-0.4, -0.2) is 77.5 Å². The molecule has 1 saturated heterocycles. The van der Waals surface area contributed by atoms with Crippen LogP contribution in [-0.2, 0) is 14.8 Å². The molecule has 28 heavy (non-hydrogen) atoms. The summed E-state index contributed by atoms with van der Waals surface area (Å²) in [5.41, 5.74) is 0. The van der Waals surface area contributed by atoms with Crippen LogP contribution in [0.2, 0.25) is 0 Å². The SMILES string of the molecule is CCNC(=NCC(c1cccs1)N1CCOCC1)NCCCNS(=O)(=O)CC. The molecule has 1 unspecified atom stereocenters. The molecule has 1 fully saturated rings. The summed E-state index contributed by atoms with van der Waals surface area (Å²) >= 11 is 1.76. The highest BCUT2D eigenvalue weighted by Gasteiger charge is 2.23. The number of hydrogen-bond acceptors (Lipinski definition) is 6. The van der Waals surface area contributed by atoms with E-state index in [1.807, 2.05) is 6.92 Å². The van der Waals surface area contributed by atoms with E-state index >= 15 is 0 Å². The summed E-state index contributed by atoms with van der Waals surface area (Å²) in [6, 6.07) is 4.49. The van der Waals surface area contributed by atoms with Crippen LogP contribution < -0.4 is 15.4 Å². The molecule has 1 aliphatic heterocycles. The summed E-state index contributed by atoms with van der Waals surface area (Å²) in [6.45, 7) is 9.54. The average molecular weight is 432 g/mol. The Morgan fingerprint density at radius 1 is 1.29 bits per heavy atom. The van der Waals surface area contributed by atoms with Crippen LogP contribution in [0.15, 0.2) is 22.5 Å². The van der Waals surface area contributed by atoms with Gasteiger partial charge in [-0.3, -0.25) is 9.89 Å². The lowest BCUT2D eigenvalue weighted by Gasteiger charge is -2.33. The number of sulfonamides is 1. The lowest BCUT2D eigenvalue weighted by Crippen LogP contribution is -2.42. The van der Waals surface area contributed by atoms with E-state index < -0.39 is 10.0 Å². The Kier molecular flexibility index (Phi) is 10.2. The molecule has 0 aliphatic carbocycles. The molecule has 1 aromatic heterocycles. The van der Waals surface area contributed by atoms with Crippen molar-refractivity contribution in [2.45, 2.75) is 26.3 Å². The lowest BCUT2D eigenvalue weighted by molar-refractivity contribution is 0.0186. The van der Waals surface area contributed by atoms with Gasteiger partial charge in [-0.25, -0.2) is 13.1 Å². The van der Waals surface area contributed by atoms with E-state index in [0.29, 0.717) is 26.1 Å². The quantitative estimate of drug-likeness (QED) is 0.275. The normalized spacial score (nSPS) is 17.4. The summed E-state index contributed by atoms with van der Waals surface area (Å²) < 4.78 is 31.0. The van der Waals surface area contributed by atoms with Gasteiger partial charge >= 0.3 is 0 Å². The van der Waals surface area contributed by atoms with Gasteiger partial charge in [0, 0.05) is 37.6 Å². The predicted molar refractivity (Wildman–Crippen MR) is 116 cm³/mol. The molecule has 0 bridgehead atoms. The standard InChI is InChI=1S/C18H33N5O3S2/c1-3-19-18(20-8-6-9-22-28(24,25)4-2)21-15-16(17-7-5-14-27-17)23-10-12-26-13-11-23/h5,7,14,16,22H,3-4,6,8-13,15H2,1-2H3,(H2,19,20,21). The maximum atomic E-state index is 11.5. The molecular formula is C18H33N5O3S2. The first-order chi connectivity index (χ1) is 13.6. The second-order valence-corrected chi connectivity index (χ2v) is 9.55. The van der Waals surface area contributed by atoms with Crippen molar-refractivity contribution in [1.29, 1.82) is 0 Å². The molecule has 0 radical (unpaired) electrons. The van der Waals surface area contributed by atoms with Gasteiger partial charge in [-0.1, -0.05) is 6.07 Å². The Bertz CT molecular complexity index is 673. The predicted octanol–water partition coefficient (Wildman–Crippen LogP) is 1.01. The highest BCUT2D eigenvalue weighted by atomic mass is 32.2. The van der Waals surface area contributed by atoms with Gasteiger partial charge in [0.25, 0.3) is 0 Å². The molecule has 160 valence electrons. The van der Waals surface area contributed by atoms with Crippen molar-refractivity contribution in [3.8, 4) is 0 Å². The number of thiophene rings is 1. The fraction of sp³-hybridized carbons (Fsp3) is 0.722. The Balaban J connectivity index is 1.89. The van der Waals surface area contributed by atoms with E-state index in [2.05, 4.69) is 37.8 Å². The molecule has 8 nitrogen and oxygen atoms in total. The first kappa shape index (κ1) is 23.1. The van der Waals surface area contributed by atoms with Crippen molar-refractivity contribution in [3.63, 3.8) is 0 Å². The molecule has 2 rings (SSSR count). The number of morpholine rings is 1. The fourth-order valence-electron chi connectivity index (χ4n) is 2.90. The molecule has 0 spiro atoms. The van der Waals surface area contributed by atoms with Crippen LogP contribution in [0.25, 0.3) is 0 Å². The minimum Gasteiger partial charge on any atom is -0.379 e. The number of guanidine groups is 1. The van der Waals surface area contributed by atoms with Crippen LogP contribution in [0.1, 0.15) is 31.2 Å². The molecule has 2 heterocycles. The number of ether oxygens (including phenoxy) is 1. The molecule has 3 N–H and O–H groups in total. The van der Waals surface area contributed by atoms with Gasteiger partial charge in [0.2, 0.25) is 10.0 Å². The number of aliphatic imine (C=N–C) groups is 1. The highest BCUT2D eigenvalue weighted by Crippen LogP contribution is 2.26. The van der Waals surface area contributed by atoms with Gasteiger partial charge in [-0.15, -0.1) is 11.3 Å². The number of nitrogens with one attached hydrogen (secondary N) is 3. The molecule has 1 atom stereocenters. The molecule has 1 aliphatic rings. The third kappa shape index (κ3) is 8.04. The number of hydrogen-bond donors (Lipinski definition) is 3. The summed E-state index contributed by atoms with van der Waals surface area (Å²) in [4.78, 5) is 8.54. The summed E-state index contributed by atoms with van der Waals surface area (Å²) in [7, 11) is -3.13. The van der Waals surface area contributed by atoms with Gasteiger partial charge in [-0.2, -0.15) is 0 Å². The van der Waals surface area contributed by atoms with E-state index in [-0.39, 0.29) is 11.8 Å². The molecule has 0 aromatic carbocycles. The first-order valence-corrected chi connectivity index (χ1v) is 12.4. The van der Waals surface area contributed by atoms with Gasteiger partial charge < -0.3 is 15.4 Å². The molecular weight excluding hydrogens is 398 g/mol. The van der Waals surface area contributed by atoms with E-state index in [9.17, 15) is 8.42 Å². The lowest BCUT2D eigenvalue weighted by atomic mass is 10.2. The third-order valence-electron chi connectivity index (χ3n) is 4.47. The van der Waals surface area contributed by atoms with Gasteiger partial charge in [0.1, 0.15) is 0 Å². The monoisotopic (exact) mass is 431 g/mol. The van der Waals surface area contributed by atoms with Crippen LogP contribution in [0.4, 0.5) is 0 Å². The van der Waals surface area contributed by atoms with Crippen molar-refractivity contribution in [2.24, 2.45) is 4.99 Å². The topological polar surface area (TPSA) is 95.1 Å².